The lowest BCUT2D eigenvalue weighted by Crippen LogP contribution is -2.53. The van der Waals surface area contributed by atoms with Crippen LogP contribution in [0.1, 0.15) is 23.8 Å². The molecule has 6 heteroatoms. The van der Waals surface area contributed by atoms with E-state index < -0.39 is 0 Å². The van der Waals surface area contributed by atoms with Crippen LogP contribution in [0.5, 0.6) is 0 Å². The number of nitrogens with zero attached hydrogens (tertiary/aromatic N) is 2. The van der Waals surface area contributed by atoms with Gasteiger partial charge in [-0.25, -0.2) is 0 Å². The Bertz CT molecular complexity index is 585. The van der Waals surface area contributed by atoms with Crippen LogP contribution in [0.25, 0.3) is 0 Å². The summed E-state index contributed by atoms with van der Waals surface area (Å²) >= 11 is 1.55. The summed E-state index contributed by atoms with van der Waals surface area (Å²) in [5, 5.41) is 1.94. The summed E-state index contributed by atoms with van der Waals surface area (Å²) in [4.78, 5) is 28.3. The molecule has 2 rings (SSSR count). The van der Waals surface area contributed by atoms with Gasteiger partial charge in [-0.05, 0) is 12.5 Å². The van der Waals surface area contributed by atoms with Gasteiger partial charge >= 0.3 is 0 Å². The van der Waals surface area contributed by atoms with Gasteiger partial charge in [0.1, 0.15) is 6.54 Å². The molecule has 0 atom stereocenters. The van der Waals surface area contributed by atoms with E-state index >= 15 is 0 Å². The highest BCUT2D eigenvalue weighted by molar-refractivity contribution is 7.10. The molecule has 1 aromatic rings. The van der Waals surface area contributed by atoms with Gasteiger partial charge in [-0.15, -0.1) is 11.3 Å². The number of carbonyl (C=O) groups excluding carboxylic acids is 2. The van der Waals surface area contributed by atoms with Crippen molar-refractivity contribution in [1.29, 1.82) is 0 Å². The Balaban J connectivity index is 1.98. The maximum absolute atomic E-state index is 12.1. The molecule has 2 N–H and O–H groups in total. The number of hydrogen-bond donors (Lipinski definition) is 1. The highest BCUT2D eigenvalue weighted by Gasteiger charge is 2.29. The molecule has 112 valence electrons. The number of amides is 2. The van der Waals surface area contributed by atoms with E-state index in [1.165, 1.54) is 0 Å². The molecule has 1 saturated heterocycles. The SMILES string of the molecule is CCCN1CC(=O)N(Cc2cc(C#CCN)cs2)CC1=O. The summed E-state index contributed by atoms with van der Waals surface area (Å²) in [6.45, 7) is 3.81. The second-order valence-corrected chi connectivity index (χ2v) is 5.87. The fourth-order valence-corrected chi connectivity index (χ4v) is 3.02. The summed E-state index contributed by atoms with van der Waals surface area (Å²) < 4.78 is 0. The fourth-order valence-electron chi connectivity index (χ4n) is 2.19. The van der Waals surface area contributed by atoms with Crippen LogP contribution in [0.2, 0.25) is 0 Å². The molecule has 1 aliphatic rings. The van der Waals surface area contributed by atoms with E-state index in [4.69, 9.17) is 5.73 Å². The number of rotatable bonds is 4. The zero-order valence-corrected chi connectivity index (χ0v) is 12.9. The van der Waals surface area contributed by atoms with Crippen LogP contribution in [0.15, 0.2) is 11.4 Å². The molecule has 5 nitrogen and oxygen atoms in total. The first-order valence-corrected chi connectivity index (χ1v) is 7.84. The smallest absolute Gasteiger partial charge is 0.242 e. The van der Waals surface area contributed by atoms with Crippen LogP contribution in [0.4, 0.5) is 0 Å². The minimum absolute atomic E-state index is 0.00559. The topological polar surface area (TPSA) is 66.6 Å². The van der Waals surface area contributed by atoms with Gasteiger partial charge in [0.2, 0.25) is 11.8 Å². The highest BCUT2D eigenvalue weighted by atomic mass is 32.1. The van der Waals surface area contributed by atoms with Crippen molar-refractivity contribution < 1.29 is 9.59 Å². The first kappa shape index (κ1) is 15.5. The molecular formula is C15H19N3O2S. The molecule has 1 fully saturated rings. The molecule has 2 heterocycles. The van der Waals surface area contributed by atoms with Crippen LogP contribution in [0.3, 0.4) is 0 Å². The van der Waals surface area contributed by atoms with Crippen molar-refractivity contribution in [1.82, 2.24) is 9.80 Å². The van der Waals surface area contributed by atoms with Gasteiger partial charge in [-0.1, -0.05) is 18.8 Å². The summed E-state index contributed by atoms with van der Waals surface area (Å²) in [5.74, 6) is 5.79. The van der Waals surface area contributed by atoms with Gasteiger partial charge in [0.15, 0.2) is 0 Å². The molecule has 0 aliphatic carbocycles. The van der Waals surface area contributed by atoms with E-state index in [0.29, 0.717) is 19.6 Å². The molecule has 21 heavy (non-hydrogen) atoms. The average molecular weight is 305 g/mol. The van der Waals surface area contributed by atoms with E-state index in [2.05, 4.69) is 11.8 Å². The summed E-state index contributed by atoms with van der Waals surface area (Å²) in [6, 6.07) is 1.95. The van der Waals surface area contributed by atoms with Crippen molar-refractivity contribution in [3.63, 3.8) is 0 Å². The molecule has 0 radical (unpaired) electrons. The van der Waals surface area contributed by atoms with E-state index in [1.54, 1.807) is 21.1 Å². The van der Waals surface area contributed by atoms with Crippen LogP contribution in [0, 0.1) is 11.8 Å². The predicted octanol–water partition coefficient (Wildman–Crippen LogP) is 0.639. The van der Waals surface area contributed by atoms with Gasteiger partial charge in [0, 0.05) is 22.4 Å². The van der Waals surface area contributed by atoms with Crippen LogP contribution < -0.4 is 5.73 Å². The van der Waals surface area contributed by atoms with Crippen molar-refractivity contribution in [2.45, 2.75) is 19.9 Å². The highest BCUT2D eigenvalue weighted by Crippen LogP contribution is 2.18. The lowest BCUT2D eigenvalue weighted by atomic mass is 10.2. The number of piperazine rings is 1. The Morgan fingerprint density at radius 3 is 2.71 bits per heavy atom. The standard InChI is InChI=1S/C15H19N3O2S/c1-2-6-17-9-15(20)18(10-14(17)19)8-13-7-12(11-21-13)4-3-5-16/h7,11H,2,5-6,8-10,16H2,1H3. The van der Waals surface area contributed by atoms with Crippen LogP contribution >= 0.6 is 11.3 Å². The maximum atomic E-state index is 12.1. The van der Waals surface area contributed by atoms with Crippen molar-refractivity contribution in [2.24, 2.45) is 5.73 Å². The second-order valence-electron chi connectivity index (χ2n) is 4.87. The van der Waals surface area contributed by atoms with Gasteiger partial charge in [-0.2, -0.15) is 0 Å². The van der Waals surface area contributed by atoms with E-state index in [9.17, 15) is 9.59 Å². The fraction of sp³-hybridized carbons (Fsp3) is 0.467. The molecule has 0 spiro atoms. The van der Waals surface area contributed by atoms with E-state index in [1.807, 2.05) is 18.4 Å². The molecule has 1 aliphatic heterocycles. The van der Waals surface area contributed by atoms with Crippen LogP contribution in [-0.4, -0.2) is 47.8 Å². The van der Waals surface area contributed by atoms with Gasteiger partial charge in [-0.3, -0.25) is 9.59 Å². The minimum atomic E-state index is 0.00559. The zero-order valence-electron chi connectivity index (χ0n) is 12.1. The third-order valence-electron chi connectivity index (χ3n) is 3.19. The Hall–Kier alpha value is -1.84. The Labute approximate surface area is 128 Å². The Morgan fingerprint density at radius 2 is 2.00 bits per heavy atom. The zero-order chi connectivity index (χ0) is 15.2. The summed E-state index contributed by atoms with van der Waals surface area (Å²) in [6.07, 6.45) is 0.868. The van der Waals surface area contributed by atoms with Crippen molar-refractivity contribution in [3.05, 3.63) is 21.9 Å². The average Bonchev–Trinajstić information content (AvgIpc) is 2.90. The molecular weight excluding hydrogens is 286 g/mol. The quantitative estimate of drug-likeness (QED) is 0.830. The number of carbonyl (C=O) groups is 2. The van der Waals surface area contributed by atoms with Gasteiger partial charge in [0.05, 0.1) is 19.6 Å². The maximum Gasteiger partial charge on any atom is 0.242 e. The molecule has 0 saturated carbocycles. The predicted molar refractivity (Wildman–Crippen MR) is 82.5 cm³/mol. The normalized spacial score (nSPS) is 15.1. The Kier molecular flexibility index (Phi) is 5.37. The van der Waals surface area contributed by atoms with Crippen molar-refractivity contribution in [3.8, 4) is 11.8 Å². The molecule has 2 amide bonds. The molecule has 0 unspecified atom stereocenters. The molecule has 0 aromatic carbocycles. The molecule has 1 aromatic heterocycles. The number of thiophene rings is 1. The van der Waals surface area contributed by atoms with Crippen molar-refractivity contribution >= 4 is 23.2 Å². The molecule has 0 bridgehead atoms. The number of nitrogens with two attached hydrogens (primary N) is 1. The van der Waals surface area contributed by atoms with Crippen molar-refractivity contribution in [2.75, 3.05) is 26.2 Å². The first-order chi connectivity index (χ1) is 10.1. The Morgan fingerprint density at radius 1 is 1.29 bits per heavy atom. The van der Waals surface area contributed by atoms with Crippen LogP contribution in [-0.2, 0) is 16.1 Å². The summed E-state index contributed by atoms with van der Waals surface area (Å²) in [5.41, 5.74) is 6.24. The lowest BCUT2D eigenvalue weighted by Gasteiger charge is -2.33. The second kappa shape index (κ2) is 7.25. The number of hydrogen-bond acceptors (Lipinski definition) is 4. The summed E-state index contributed by atoms with van der Waals surface area (Å²) in [7, 11) is 0. The third-order valence-corrected chi connectivity index (χ3v) is 4.11. The first-order valence-electron chi connectivity index (χ1n) is 6.96. The van der Waals surface area contributed by atoms with E-state index in [0.717, 1.165) is 16.9 Å². The largest absolute Gasteiger partial charge is 0.332 e. The van der Waals surface area contributed by atoms with E-state index in [-0.39, 0.29) is 24.9 Å². The minimum Gasteiger partial charge on any atom is -0.332 e. The lowest BCUT2D eigenvalue weighted by molar-refractivity contribution is -0.150. The third kappa shape index (κ3) is 4.06. The van der Waals surface area contributed by atoms with Gasteiger partial charge < -0.3 is 15.5 Å². The monoisotopic (exact) mass is 305 g/mol. The van der Waals surface area contributed by atoms with Gasteiger partial charge in [0.25, 0.3) is 0 Å².